The first kappa shape index (κ1) is 22.9. The van der Waals surface area contributed by atoms with Crippen LogP contribution in [0.3, 0.4) is 0 Å². The van der Waals surface area contributed by atoms with Gasteiger partial charge in [0.2, 0.25) is 5.91 Å². The summed E-state index contributed by atoms with van der Waals surface area (Å²) in [7, 11) is 3.54. The number of rotatable bonds is 5. The van der Waals surface area contributed by atoms with Gasteiger partial charge >= 0.3 is 0 Å². The molecule has 1 saturated heterocycles. The van der Waals surface area contributed by atoms with Gasteiger partial charge in [-0.15, -0.1) is 0 Å². The van der Waals surface area contributed by atoms with Crippen molar-refractivity contribution < 1.29 is 9.59 Å². The van der Waals surface area contributed by atoms with Gasteiger partial charge in [0, 0.05) is 46.0 Å². The number of carbonyl (C=O) groups excluding carboxylic acids is 2. The number of nitrogens with zero attached hydrogens (tertiary/aromatic N) is 6. The van der Waals surface area contributed by atoms with E-state index in [9.17, 15) is 9.59 Å². The number of hydrogen-bond donors (Lipinski definition) is 0. The van der Waals surface area contributed by atoms with E-state index in [-0.39, 0.29) is 11.8 Å². The van der Waals surface area contributed by atoms with Crippen molar-refractivity contribution in [2.45, 2.75) is 26.8 Å². The number of benzene rings is 1. The summed E-state index contributed by atoms with van der Waals surface area (Å²) >= 11 is 0. The van der Waals surface area contributed by atoms with E-state index >= 15 is 0 Å². The molecular formula is C25H32N6O2. The fourth-order valence-electron chi connectivity index (χ4n) is 4.17. The van der Waals surface area contributed by atoms with Crippen molar-refractivity contribution in [3.8, 4) is 0 Å². The van der Waals surface area contributed by atoms with Crippen LogP contribution < -0.4 is 0 Å². The maximum Gasteiger partial charge on any atom is 0.254 e. The van der Waals surface area contributed by atoms with Crippen LogP contribution in [-0.2, 0) is 11.3 Å². The largest absolute Gasteiger partial charge is 0.348 e. The Kier molecular flexibility index (Phi) is 6.74. The minimum atomic E-state index is 0.00109. The lowest BCUT2D eigenvalue weighted by atomic mass is 10.1. The Labute approximate surface area is 194 Å². The van der Waals surface area contributed by atoms with Crippen LogP contribution in [0, 0.1) is 13.8 Å². The van der Waals surface area contributed by atoms with Gasteiger partial charge in [0.15, 0.2) is 5.65 Å². The monoisotopic (exact) mass is 448 g/mol. The second-order valence-electron chi connectivity index (χ2n) is 9.05. The highest BCUT2D eigenvalue weighted by atomic mass is 16.2. The van der Waals surface area contributed by atoms with E-state index in [2.05, 4.69) is 41.2 Å². The second-order valence-corrected chi connectivity index (χ2v) is 9.05. The van der Waals surface area contributed by atoms with Crippen LogP contribution in [0.1, 0.15) is 33.6 Å². The van der Waals surface area contributed by atoms with Crippen LogP contribution in [-0.4, -0.2) is 88.1 Å². The maximum atomic E-state index is 13.5. The van der Waals surface area contributed by atoms with Crippen LogP contribution >= 0.6 is 0 Å². The highest BCUT2D eigenvalue weighted by Crippen LogP contribution is 2.22. The molecule has 33 heavy (non-hydrogen) atoms. The summed E-state index contributed by atoms with van der Waals surface area (Å²) in [4.78, 5) is 35.9. The predicted molar refractivity (Wildman–Crippen MR) is 128 cm³/mol. The lowest BCUT2D eigenvalue weighted by molar-refractivity contribution is -0.129. The zero-order valence-corrected chi connectivity index (χ0v) is 19.9. The molecule has 3 aromatic rings. The standard InChI is InChI=1S/C25H32N6O2/c1-18-6-8-20(9-7-18)16-31-24-22(15-26-31)21(14-19(2)27-24)25(33)30-11-5-10-29(12-13-30)17-23(32)28(3)4/h6-9,14-15H,5,10-13,16-17H2,1-4H3. The van der Waals surface area contributed by atoms with Crippen molar-refractivity contribution in [3.63, 3.8) is 0 Å². The third kappa shape index (κ3) is 5.22. The third-order valence-corrected chi connectivity index (χ3v) is 6.15. The Bertz CT molecular complexity index is 1150. The van der Waals surface area contributed by atoms with E-state index in [1.165, 1.54) is 5.56 Å². The Balaban J connectivity index is 1.54. The van der Waals surface area contributed by atoms with Crippen molar-refractivity contribution >= 4 is 22.8 Å². The quantitative estimate of drug-likeness (QED) is 0.599. The van der Waals surface area contributed by atoms with Crippen molar-refractivity contribution in [2.24, 2.45) is 0 Å². The molecule has 0 radical (unpaired) electrons. The van der Waals surface area contributed by atoms with Gasteiger partial charge in [-0.1, -0.05) is 29.8 Å². The van der Waals surface area contributed by atoms with Gasteiger partial charge in [-0.2, -0.15) is 5.10 Å². The molecule has 1 fully saturated rings. The summed E-state index contributed by atoms with van der Waals surface area (Å²) in [6.07, 6.45) is 2.59. The van der Waals surface area contributed by atoms with Crippen LogP contribution in [0.25, 0.3) is 11.0 Å². The minimum Gasteiger partial charge on any atom is -0.348 e. The Morgan fingerprint density at radius 2 is 1.79 bits per heavy atom. The van der Waals surface area contributed by atoms with Gasteiger partial charge in [-0.25, -0.2) is 9.67 Å². The van der Waals surface area contributed by atoms with Crippen LogP contribution in [0.5, 0.6) is 0 Å². The molecule has 2 aromatic heterocycles. The fraction of sp³-hybridized carbons (Fsp3) is 0.440. The molecule has 1 aromatic carbocycles. The molecule has 8 nitrogen and oxygen atoms in total. The molecule has 0 N–H and O–H groups in total. The molecule has 3 heterocycles. The Morgan fingerprint density at radius 3 is 2.52 bits per heavy atom. The van der Waals surface area contributed by atoms with E-state index in [1.807, 2.05) is 22.6 Å². The van der Waals surface area contributed by atoms with E-state index in [0.29, 0.717) is 38.3 Å². The van der Waals surface area contributed by atoms with E-state index < -0.39 is 0 Å². The van der Waals surface area contributed by atoms with Gasteiger partial charge < -0.3 is 9.80 Å². The molecule has 0 bridgehead atoms. The van der Waals surface area contributed by atoms with Crippen molar-refractivity contribution in [2.75, 3.05) is 46.8 Å². The molecule has 0 saturated carbocycles. The van der Waals surface area contributed by atoms with Crippen molar-refractivity contribution in [1.82, 2.24) is 29.5 Å². The number of likely N-dealkylation sites (N-methyl/N-ethyl adjacent to an activating group) is 1. The molecule has 0 spiro atoms. The average Bonchev–Trinajstić information content (AvgIpc) is 3.02. The molecule has 2 amide bonds. The highest BCUT2D eigenvalue weighted by molar-refractivity contribution is 6.05. The molecule has 1 aliphatic rings. The van der Waals surface area contributed by atoms with Crippen molar-refractivity contribution in [3.05, 3.63) is 58.9 Å². The number of fused-ring (bicyclic) bond motifs is 1. The number of aromatic nitrogens is 3. The normalized spacial score (nSPS) is 15.0. The van der Waals surface area contributed by atoms with Crippen LogP contribution in [0.15, 0.2) is 36.5 Å². The summed E-state index contributed by atoms with van der Waals surface area (Å²) in [5.74, 6) is 0.0865. The molecular weight excluding hydrogens is 416 g/mol. The molecule has 8 heteroatoms. The second kappa shape index (κ2) is 9.70. The summed E-state index contributed by atoms with van der Waals surface area (Å²) in [5.41, 5.74) is 4.52. The molecule has 4 rings (SSSR count). The number of aryl methyl sites for hydroxylation is 2. The van der Waals surface area contributed by atoms with Crippen LogP contribution in [0.2, 0.25) is 0 Å². The summed E-state index contributed by atoms with van der Waals surface area (Å²) in [5, 5.41) is 5.33. The van der Waals surface area contributed by atoms with Gasteiger partial charge in [-0.3, -0.25) is 14.5 Å². The van der Waals surface area contributed by atoms with Gasteiger partial charge in [-0.05, 0) is 31.9 Å². The SMILES string of the molecule is Cc1ccc(Cn2ncc3c(C(=O)N4CCCN(CC(=O)N(C)C)CC4)cc(C)nc32)cc1. The third-order valence-electron chi connectivity index (χ3n) is 6.15. The average molecular weight is 449 g/mol. The van der Waals surface area contributed by atoms with Gasteiger partial charge in [0.05, 0.1) is 30.2 Å². The number of amides is 2. The van der Waals surface area contributed by atoms with Gasteiger partial charge in [0.25, 0.3) is 5.91 Å². The van der Waals surface area contributed by atoms with Gasteiger partial charge in [0.1, 0.15) is 0 Å². The number of carbonyl (C=O) groups is 2. The first-order valence-electron chi connectivity index (χ1n) is 11.4. The Morgan fingerprint density at radius 1 is 1.03 bits per heavy atom. The topological polar surface area (TPSA) is 74.6 Å². The molecule has 0 unspecified atom stereocenters. The zero-order valence-electron chi connectivity index (χ0n) is 19.9. The number of pyridine rings is 1. The number of hydrogen-bond acceptors (Lipinski definition) is 5. The van der Waals surface area contributed by atoms with E-state index in [0.717, 1.165) is 35.3 Å². The fourth-order valence-corrected chi connectivity index (χ4v) is 4.17. The molecule has 0 atom stereocenters. The summed E-state index contributed by atoms with van der Waals surface area (Å²) < 4.78 is 1.86. The zero-order chi connectivity index (χ0) is 23.5. The Hall–Kier alpha value is -3.26. The lowest BCUT2D eigenvalue weighted by Gasteiger charge is -2.23. The van der Waals surface area contributed by atoms with E-state index in [1.54, 1.807) is 25.2 Å². The van der Waals surface area contributed by atoms with E-state index in [4.69, 9.17) is 4.98 Å². The van der Waals surface area contributed by atoms with Crippen LogP contribution in [0.4, 0.5) is 0 Å². The lowest BCUT2D eigenvalue weighted by Crippen LogP contribution is -2.39. The molecule has 1 aliphatic heterocycles. The first-order valence-corrected chi connectivity index (χ1v) is 11.4. The maximum absolute atomic E-state index is 13.5. The molecule has 174 valence electrons. The van der Waals surface area contributed by atoms with Crippen molar-refractivity contribution in [1.29, 1.82) is 0 Å². The summed E-state index contributed by atoms with van der Waals surface area (Å²) in [6.45, 7) is 7.74. The summed E-state index contributed by atoms with van der Waals surface area (Å²) in [6, 6.07) is 10.2. The highest BCUT2D eigenvalue weighted by Gasteiger charge is 2.24. The molecule has 0 aliphatic carbocycles. The smallest absolute Gasteiger partial charge is 0.254 e. The predicted octanol–water partition coefficient (Wildman–Crippen LogP) is 2.33. The minimum absolute atomic E-state index is 0.00109. The first-order chi connectivity index (χ1) is 15.8.